The Balaban J connectivity index is 1.90. The van der Waals surface area contributed by atoms with Crippen LogP contribution in [0.5, 0.6) is 0 Å². The molecular weight excluding hydrogens is 345 g/mol. The maximum Gasteiger partial charge on any atom is 0.191 e. The molecule has 25 heavy (non-hydrogen) atoms. The van der Waals surface area contributed by atoms with E-state index in [1.165, 1.54) is 12.1 Å². The van der Waals surface area contributed by atoms with Crippen molar-refractivity contribution >= 4 is 17.6 Å². The molecule has 0 spiro atoms. The number of ether oxygens (including phenoxy) is 1. The number of nitrogens with one attached hydrogen (secondary N) is 2. The largest absolute Gasteiger partial charge is 0.396 e. The summed E-state index contributed by atoms with van der Waals surface area (Å²) in [7, 11) is 0. The van der Waals surface area contributed by atoms with Crippen LogP contribution < -0.4 is 10.6 Å². The zero-order valence-corrected chi connectivity index (χ0v) is 15.4. The van der Waals surface area contributed by atoms with Crippen molar-refractivity contribution in [2.75, 3.05) is 39.5 Å². The Labute approximate surface area is 153 Å². The lowest BCUT2D eigenvalue weighted by molar-refractivity contribution is 0.131. The van der Waals surface area contributed by atoms with Crippen molar-refractivity contribution in [2.24, 2.45) is 10.4 Å². The Kier molecular flexibility index (Phi) is 7.93. The molecule has 1 aromatic rings. The standard InChI is InChI=1S/C18H27ClFN3O2/c1-2-21-17(23-12-18(6-9-24)7-10-25-13-18)22-8-5-14-3-4-15(20)11-16(14)19/h3-4,11,24H,2,5-10,12-13H2,1H3,(H2,21,22,23). The summed E-state index contributed by atoms with van der Waals surface area (Å²) in [4.78, 5) is 4.66. The van der Waals surface area contributed by atoms with Crippen molar-refractivity contribution in [3.05, 3.63) is 34.6 Å². The molecule has 1 saturated heterocycles. The van der Waals surface area contributed by atoms with Gasteiger partial charge in [0.05, 0.1) is 13.2 Å². The molecule has 1 aliphatic heterocycles. The van der Waals surface area contributed by atoms with E-state index in [2.05, 4.69) is 15.6 Å². The number of aliphatic hydroxyl groups excluding tert-OH is 1. The number of halogens is 2. The summed E-state index contributed by atoms with van der Waals surface area (Å²) in [5.74, 6) is 0.398. The molecule has 1 aliphatic rings. The van der Waals surface area contributed by atoms with E-state index < -0.39 is 0 Å². The van der Waals surface area contributed by atoms with Gasteiger partial charge in [-0.05, 0) is 43.9 Å². The van der Waals surface area contributed by atoms with Gasteiger partial charge in [0, 0.05) is 36.7 Å². The highest BCUT2D eigenvalue weighted by Crippen LogP contribution is 2.32. The predicted molar refractivity (Wildman–Crippen MR) is 98.7 cm³/mol. The summed E-state index contributed by atoms with van der Waals surface area (Å²) in [5.41, 5.74) is 0.824. The molecule has 0 bridgehead atoms. The van der Waals surface area contributed by atoms with Gasteiger partial charge in [-0.3, -0.25) is 4.99 Å². The first-order chi connectivity index (χ1) is 12.1. The van der Waals surface area contributed by atoms with E-state index >= 15 is 0 Å². The summed E-state index contributed by atoms with van der Waals surface area (Å²) in [6.45, 7) is 5.53. The van der Waals surface area contributed by atoms with Crippen LogP contribution >= 0.6 is 11.6 Å². The number of aliphatic hydroxyl groups is 1. The Morgan fingerprint density at radius 1 is 1.44 bits per heavy atom. The number of benzene rings is 1. The van der Waals surface area contributed by atoms with E-state index in [1.807, 2.05) is 6.92 Å². The van der Waals surface area contributed by atoms with Gasteiger partial charge < -0.3 is 20.5 Å². The van der Waals surface area contributed by atoms with Gasteiger partial charge in [0.1, 0.15) is 5.82 Å². The van der Waals surface area contributed by atoms with E-state index in [1.54, 1.807) is 6.07 Å². The van der Waals surface area contributed by atoms with Crippen molar-refractivity contribution in [3.63, 3.8) is 0 Å². The minimum Gasteiger partial charge on any atom is -0.396 e. The van der Waals surface area contributed by atoms with Crippen LogP contribution in [0.15, 0.2) is 23.2 Å². The normalized spacial score (nSPS) is 20.7. The second-order valence-corrected chi connectivity index (χ2v) is 6.79. The molecule has 7 heteroatoms. The SMILES string of the molecule is CCNC(=NCC1(CCO)CCOC1)NCCc1ccc(F)cc1Cl. The zero-order chi connectivity index (χ0) is 18.1. The van der Waals surface area contributed by atoms with Crippen molar-refractivity contribution in [3.8, 4) is 0 Å². The lowest BCUT2D eigenvalue weighted by Crippen LogP contribution is -2.39. The highest BCUT2D eigenvalue weighted by Gasteiger charge is 2.34. The van der Waals surface area contributed by atoms with Crippen molar-refractivity contribution in [1.29, 1.82) is 0 Å². The summed E-state index contributed by atoms with van der Waals surface area (Å²) < 4.78 is 18.6. The van der Waals surface area contributed by atoms with Gasteiger partial charge in [0.2, 0.25) is 0 Å². The molecule has 0 saturated carbocycles. The van der Waals surface area contributed by atoms with E-state index in [-0.39, 0.29) is 17.8 Å². The second-order valence-electron chi connectivity index (χ2n) is 6.38. The first kappa shape index (κ1) is 19.9. The number of hydrogen-bond donors (Lipinski definition) is 3. The fraction of sp³-hybridized carbons (Fsp3) is 0.611. The van der Waals surface area contributed by atoms with Crippen LogP contribution in [-0.2, 0) is 11.2 Å². The van der Waals surface area contributed by atoms with Gasteiger partial charge in [0.15, 0.2) is 5.96 Å². The average molecular weight is 372 g/mol. The first-order valence-corrected chi connectivity index (χ1v) is 9.11. The van der Waals surface area contributed by atoms with E-state index in [0.29, 0.717) is 37.6 Å². The van der Waals surface area contributed by atoms with Gasteiger partial charge in [-0.15, -0.1) is 0 Å². The molecule has 1 aromatic carbocycles. The van der Waals surface area contributed by atoms with Crippen LogP contribution in [0.2, 0.25) is 5.02 Å². The third kappa shape index (κ3) is 6.13. The summed E-state index contributed by atoms with van der Waals surface area (Å²) in [6.07, 6.45) is 2.29. The summed E-state index contributed by atoms with van der Waals surface area (Å²) in [6, 6.07) is 4.45. The minimum absolute atomic E-state index is 0.0721. The lowest BCUT2D eigenvalue weighted by Gasteiger charge is -2.24. The maximum atomic E-state index is 13.1. The maximum absolute atomic E-state index is 13.1. The van der Waals surface area contributed by atoms with Gasteiger partial charge in [-0.2, -0.15) is 0 Å². The van der Waals surface area contributed by atoms with Crippen LogP contribution in [-0.4, -0.2) is 50.5 Å². The molecule has 0 aromatic heterocycles. The monoisotopic (exact) mass is 371 g/mol. The van der Waals surface area contributed by atoms with Crippen LogP contribution in [0.3, 0.4) is 0 Å². The summed E-state index contributed by atoms with van der Waals surface area (Å²) >= 11 is 6.06. The van der Waals surface area contributed by atoms with Gasteiger partial charge in [-0.1, -0.05) is 17.7 Å². The molecule has 1 unspecified atom stereocenters. The number of nitrogens with zero attached hydrogens (tertiary/aromatic N) is 1. The molecule has 0 aliphatic carbocycles. The van der Waals surface area contributed by atoms with Crippen molar-refractivity contribution in [1.82, 2.24) is 10.6 Å². The van der Waals surface area contributed by atoms with Crippen LogP contribution in [0.25, 0.3) is 0 Å². The molecule has 1 fully saturated rings. The van der Waals surface area contributed by atoms with Gasteiger partial charge >= 0.3 is 0 Å². The van der Waals surface area contributed by atoms with E-state index in [4.69, 9.17) is 16.3 Å². The molecule has 5 nitrogen and oxygen atoms in total. The number of hydrogen-bond acceptors (Lipinski definition) is 3. The minimum atomic E-state index is -0.329. The van der Waals surface area contributed by atoms with Crippen molar-refractivity contribution in [2.45, 2.75) is 26.2 Å². The summed E-state index contributed by atoms with van der Waals surface area (Å²) in [5, 5.41) is 16.2. The molecule has 3 N–H and O–H groups in total. The zero-order valence-electron chi connectivity index (χ0n) is 14.7. The third-order valence-corrected chi connectivity index (χ3v) is 4.80. The molecule has 1 atom stereocenters. The van der Waals surface area contributed by atoms with Gasteiger partial charge in [-0.25, -0.2) is 4.39 Å². The highest BCUT2D eigenvalue weighted by molar-refractivity contribution is 6.31. The second kappa shape index (κ2) is 9.94. The fourth-order valence-corrected chi connectivity index (χ4v) is 3.18. The van der Waals surface area contributed by atoms with Crippen LogP contribution in [0.4, 0.5) is 4.39 Å². The Morgan fingerprint density at radius 3 is 2.92 bits per heavy atom. The van der Waals surface area contributed by atoms with E-state index in [0.717, 1.165) is 31.1 Å². The Hall–Kier alpha value is -1.37. The van der Waals surface area contributed by atoms with Crippen LogP contribution in [0, 0.1) is 11.2 Å². The first-order valence-electron chi connectivity index (χ1n) is 8.73. The molecule has 140 valence electrons. The average Bonchev–Trinajstić information content (AvgIpc) is 3.04. The quantitative estimate of drug-likeness (QED) is 0.485. The lowest BCUT2D eigenvalue weighted by atomic mass is 9.84. The Bertz CT molecular complexity index is 577. The van der Waals surface area contributed by atoms with Crippen molar-refractivity contribution < 1.29 is 14.2 Å². The smallest absolute Gasteiger partial charge is 0.191 e. The molecular formula is C18H27ClFN3O2. The number of aliphatic imine (C=N–C) groups is 1. The topological polar surface area (TPSA) is 65.9 Å². The fourth-order valence-electron chi connectivity index (χ4n) is 2.92. The molecule has 0 radical (unpaired) electrons. The van der Waals surface area contributed by atoms with Crippen LogP contribution in [0.1, 0.15) is 25.3 Å². The number of rotatable bonds is 8. The van der Waals surface area contributed by atoms with Gasteiger partial charge in [0.25, 0.3) is 0 Å². The highest BCUT2D eigenvalue weighted by atomic mass is 35.5. The predicted octanol–water partition coefficient (Wildman–Crippen LogP) is 2.37. The third-order valence-electron chi connectivity index (χ3n) is 4.45. The van der Waals surface area contributed by atoms with E-state index in [9.17, 15) is 9.50 Å². The molecule has 2 rings (SSSR count). The molecule has 0 amide bonds. The number of guanidine groups is 1. The molecule has 1 heterocycles. The Morgan fingerprint density at radius 2 is 2.28 bits per heavy atom.